The molecule has 0 saturated heterocycles. The number of aliphatic hydroxyl groups excluding tert-OH is 2. The van der Waals surface area contributed by atoms with Crippen LogP contribution in [-0.4, -0.2) is 57.8 Å². The Morgan fingerprint density at radius 2 is 1.74 bits per heavy atom. The fourth-order valence-corrected chi connectivity index (χ4v) is 4.30. The number of halogens is 3. The second-order valence-electron chi connectivity index (χ2n) is 8.33. The number of carbonyl (C=O) groups excluding carboxylic acids is 1. The average Bonchev–Trinajstić information content (AvgIpc) is 2.81. The van der Waals surface area contributed by atoms with Crippen molar-refractivity contribution in [2.24, 2.45) is 0 Å². The van der Waals surface area contributed by atoms with Crippen molar-refractivity contribution in [3.8, 4) is 0 Å². The number of aliphatic hydroxyl groups is 2. The molecule has 1 saturated carbocycles. The number of rotatable bonds is 9. The second-order valence-corrected chi connectivity index (χ2v) is 9.58. The van der Waals surface area contributed by atoms with Crippen LogP contribution in [0.3, 0.4) is 0 Å². The number of aliphatic carboxylic acids is 1. The summed E-state index contributed by atoms with van der Waals surface area (Å²) in [7, 11) is 0. The highest BCUT2D eigenvalue weighted by molar-refractivity contribution is 6.42. The van der Waals surface area contributed by atoms with E-state index >= 15 is 0 Å². The number of esters is 1. The van der Waals surface area contributed by atoms with Crippen molar-refractivity contribution in [2.75, 3.05) is 6.61 Å². The highest BCUT2D eigenvalue weighted by Gasteiger charge is 2.52. The van der Waals surface area contributed by atoms with Crippen LogP contribution in [0.4, 0.5) is 0 Å². The van der Waals surface area contributed by atoms with Gasteiger partial charge >= 0.3 is 11.9 Å². The maximum atomic E-state index is 12.4. The molecule has 2 aromatic rings. The van der Waals surface area contributed by atoms with Crippen LogP contribution in [0.15, 0.2) is 48.5 Å². The molecule has 3 N–H and O–H groups in total. The number of carbonyl (C=O) groups is 2. The van der Waals surface area contributed by atoms with Gasteiger partial charge in [-0.1, -0.05) is 53.0 Å². The highest BCUT2D eigenvalue weighted by Crippen LogP contribution is 2.35. The Morgan fingerprint density at radius 3 is 2.40 bits per heavy atom. The van der Waals surface area contributed by atoms with Crippen molar-refractivity contribution in [2.45, 2.75) is 49.6 Å². The predicted molar refractivity (Wildman–Crippen MR) is 133 cm³/mol. The zero-order chi connectivity index (χ0) is 25.6. The molecule has 0 amide bonds. The van der Waals surface area contributed by atoms with Crippen LogP contribution in [0.5, 0.6) is 0 Å². The average molecular weight is 544 g/mol. The molecular weight excluding hydrogens is 519 g/mol. The van der Waals surface area contributed by atoms with E-state index < -0.39 is 35.9 Å². The van der Waals surface area contributed by atoms with Crippen LogP contribution in [0.2, 0.25) is 15.1 Å². The molecule has 0 radical (unpaired) electrons. The van der Waals surface area contributed by atoms with Crippen LogP contribution in [-0.2, 0) is 25.5 Å². The van der Waals surface area contributed by atoms with Gasteiger partial charge in [-0.05, 0) is 54.3 Å². The van der Waals surface area contributed by atoms with Gasteiger partial charge in [-0.15, -0.1) is 0 Å². The van der Waals surface area contributed by atoms with Crippen LogP contribution in [0.25, 0.3) is 6.08 Å². The van der Waals surface area contributed by atoms with Crippen molar-refractivity contribution in [1.82, 2.24) is 0 Å². The predicted octanol–water partition coefficient (Wildman–Crippen LogP) is 4.56. The molecule has 2 aromatic carbocycles. The number of hydrogen-bond donors (Lipinski definition) is 3. The Kier molecular flexibility index (Phi) is 9.58. The third-order valence-electron chi connectivity index (χ3n) is 5.76. The molecule has 1 fully saturated rings. The maximum absolute atomic E-state index is 12.4. The highest BCUT2D eigenvalue weighted by atomic mass is 35.5. The summed E-state index contributed by atoms with van der Waals surface area (Å²) in [5.41, 5.74) is -0.205. The number of carboxylic acid groups (broad SMARTS) is 1. The summed E-state index contributed by atoms with van der Waals surface area (Å²) >= 11 is 17.7. The Bertz CT molecular complexity index is 1070. The van der Waals surface area contributed by atoms with E-state index in [9.17, 15) is 24.9 Å². The van der Waals surface area contributed by atoms with Gasteiger partial charge in [0.2, 0.25) is 0 Å². The van der Waals surface area contributed by atoms with E-state index in [0.717, 1.165) is 11.6 Å². The molecule has 0 bridgehead atoms. The van der Waals surface area contributed by atoms with Gasteiger partial charge < -0.3 is 24.8 Å². The largest absolute Gasteiger partial charge is 0.479 e. The molecule has 1 aliphatic rings. The Labute approximate surface area is 217 Å². The molecule has 0 aromatic heterocycles. The van der Waals surface area contributed by atoms with Crippen molar-refractivity contribution >= 4 is 52.8 Å². The number of aryl methyl sites for hydroxylation is 1. The number of carboxylic acids is 1. The van der Waals surface area contributed by atoms with Crippen molar-refractivity contribution < 1.29 is 34.4 Å². The SMILES string of the molecule is O=C(/C=C/c1ccc(Cl)c(Cl)c1)O[C@@H]1C[C@](OCCCc2ccc(Cl)cc2)(C(=O)O)C[C@H](O)[C@H]1O. The van der Waals surface area contributed by atoms with Gasteiger partial charge in [0.05, 0.1) is 16.1 Å². The first-order valence-corrected chi connectivity index (χ1v) is 12.0. The summed E-state index contributed by atoms with van der Waals surface area (Å²) in [6, 6.07) is 12.1. The van der Waals surface area contributed by atoms with E-state index in [1.165, 1.54) is 6.08 Å². The third kappa shape index (κ3) is 7.43. The van der Waals surface area contributed by atoms with Gasteiger partial charge in [-0.2, -0.15) is 0 Å². The molecule has 7 nitrogen and oxygen atoms in total. The van der Waals surface area contributed by atoms with Gasteiger partial charge in [0, 0.05) is 30.5 Å². The first-order chi connectivity index (χ1) is 16.6. The Hall–Kier alpha value is -2.13. The lowest BCUT2D eigenvalue weighted by atomic mass is 9.79. The third-order valence-corrected chi connectivity index (χ3v) is 6.75. The molecule has 10 heteroatoms. The van der Waals surface area contributed by atoms with E-state index in [0.29, 0.717) is 33.5 Å². The normalized spacial score (nSPS) is 24.4. The minimum absolute atomic E-state index is 0.0929. The number of ether oxygens (including phenoxy) is 2. The second kappa shape index (κ2) is 12.2. The maximum Gasteiger partial charge on any atom is 0.336 e. The molecular formula is C25H25Cl3O7. The van der Waals surface area contributed by atoms with Crippen LogP contribution >= 0.6 is 34.8 Å². The molecule has 1 aliphatic carbocycles. The van der Waals surface area contributed by atoms with E-state index in [1.54, 1.807) is 30.3 Å². The lowest BCUT2D eigenvalue weighted by Gasteiger charge is -2.41. The topological polar surface area (TPSA) is 113 Å². The smallest absolute Gasteiger partial charge is 0.336 e. The summed E-state index contributed by atoms with van der Waals surface area (Å²) in [5.74, 6) is -2.13. The monoisotopic (exact) mass is 542 g/mol. The molecule has 0 spiro atoms. The zero-order valence-electron chi connectivity index (χ0n) is 18.6. The van der Waals surface area contributed by atoms with Crippen LogP contribution in [0.1, 0.15) is 30.4 Å². The van der Waals surface area contributed by atoms with Gasteiger partial charge in [-0.25, -0.2) is 9.59 Å². The summed E-state index contributed by atoms with van der Waals surface area (Å²) in [6.45, 7) is 0.0929. The number of hydrogen-bond acceptors (Lipinski definition) is 6. The molecule has 4 atom stereocenters. The molecule has 35 heavy (non-hydrogen) atoms. The fraction of sp³-hybridized carbons (Fsp3) is 0.360. The van der Waals surface area contributed by atoms with Crippen molar-refractivity contribution in [3.63, 3.8) is 0 Å². The molecule has 0 heterocycles. The molecule has 0 unspecified atom stereocenters. The van der Waals surface area contributed by atoms with Crippen molar-refractivity contribution in [3.05, 3.63) is 74.7 Å². The first-order valence-electron chi connectivity index (χ1n) is 10.9. The van der Waals surface area contributed by atoms with Crippen molar-refractivity contribution in [1.29, 1.82) is 0 Å². The van der Waals surface area contributed by atoms with E-state index in [-0.39, 0.29) is 19.4 Å². The minimum atomic E-state index is -1.81. The van der Waals surface area contributed by atoms with Crippen LogP contribution in [0, 0.1) is 0 Å². The van der Waals surface area contributed by atoms with Crippen LogP contribution < -0.4 is 0 Å². The quantitative estimate of drug-likeness (QED) is 0.241. The minimum Gasteiger partial charge on any atom is -0.479 e. The van der Waals surface area contributed by atoms with Gasteiger partial charge in [-0.3, -0.25) is 0 Å². The van der Waals surface area contributed by atoms with Gasteiger partial charge in [0.15, 0.2) is 5.60 Å². The first kappa shape index (κ1) is 27.5. The number of benzene rings is 2. The van der Waals surface area contributed by atoms with Gasteiger partial charge in [0.1, 0.15) is 12.2 Å². The van der Waals surface area contributed by atoms with Gasteiger partial charge in [0.25, 0.3) is 0 Å². The van der Waals surface area contributed by atoms with E-state index in [1.807, 2.05) is 12.1 Å². The standard InChI is InChI=1S/C25H25Cl3O7/c26-17-7-3-15(4-8-17)2-1-11-34-25(24(32)33)13-20(29)23(31)21(14-25)35-22(30)10-6-16-5-9-18(27)19(28)12-16/h3-10,12,20-21,23,29,31H,1-2,11,13-14H2,(H,32,33)/b10-6+/t20-,21+,23+,25-/m0/s1. The Morgan fingerprint density at radius 1 is 1.03 bits per heavy atom. The summed E-state index contributed by atoms with van der Waals surface area (Å²) in [4.78, 5) is 24.5. The Balaban J connectivity index is 1.62. The molecule has 0 aliphatic heterocycles. The lowest BCUT2D eigenvalue weighted by molar-refractivity contribution is -0.207. The molecule has 188 valence electrons. The fourth-order valence-electron chi connectivity index (χ4n) is 3.86. The summed E-state index contributed by atoms with van der Waals surface area (Å²) < 4.78 is 11.0. The zero-order valence-corrected chi connectivity index (χ0v) is 20.8. The molecule has 3 rings (SSSR count). The van der Waals surface area contributed by atoms with E-state index in [4.69, 9.17) is 44.3 Å². The summed E-state index contributed by atoms with van der Waals surface area (Å²) in [6.07, 6.45) is -1.13. The van der Waals surface area contributed by atoms with E-state index in [2.05, 4.69) is 0 Å². The lowest BCUT2D eigenvalue weighted by Crippen LogP contribution is -2.58. The summed E-state index contributed by atoms with van der Waals surface area (Å²) in [5, 5.41) is 31.9.